The maximum absolute atomic E-state index is 13.2. The monoisotopic (exact) mass is 367 g/mol. The average molecular weight is 367 g/mol. The van der Waals surface area contributed by atoms with Crippen LogP contribution in [0.25, 0.3) is 10.8 Å². The highest BCUT2D eigenvalue weighted by molar-refractivity contribution is 6.07. The lowest BCUT2D eigenvalue weighted by molar-refractivity contribution is -0.119. The van der Waals surface area contributed by atoms with Crippen molar-refractivity contribution in [3.63, 3.8) is 0 Å². The number of carbonyl (C=O) groups excluding carboxylic acids is 2. The van der Waals surface area contributed by atoms with Gasteiger partial charge in [-0.2, -0.15) is 0 Å². The van der Waals surface area contributed by atoms with E-state index in [2.05, 4.69) is 5.32 Å². The van der Waals surface area contributed by atoms with E-state index < -0.39 is 30.1 Å². The summed E-state index contributed by atoms with van der Waals surface area (Å²) in [5.74, 6) is -3.32. The van der Waals surface area contributed by atoms with E-state index >= 15 is 0 Å². The Bertz CT molecular complexity index is 1070. The molecule has 0 spiro atoms. The van der Waals surface area contributed by atoms with Crippen molar-refractivity contribution in [2.75, 3.05) is 11.9 Å². The van der Waals surface area contributed by atoms with Crippen LogP contribution in [0.3, 0.4) is 0 Å². The van der Waals surface area contributed by atoms with Gasteiger partial charge in [-0.3, -0.25) is 4.79 Å². The fourth-order valence-corrected chi connectivity index (χ4v) is 3.40. The zero-order valence-electron chi connectivity index (χ0n) is 14.2. The second-order valence-electron chi connectivity index (χ2n) is 6.37. The first kappa shape index (κ1) is 17.1. The largest absolute Gasteiger partial charge is 0.452 e. The minimum atomic E-state index is -1.07. The molecule has 1 N–H and O–H groups in total. The molecule has 1 aliphatic rings. The summed E-state index contributed by atoms with van der Waals surface area (Å²) in [6, 6.07) is 12.4. The fourth-order valence-electron chi connectivity index (χ4n) is 3.40. The van der Waals surface area contributed by atoms with Crippen LogP contribution in [0.2, 0.25) is 0 Å². The number of hydrogen-bond donors (Lipinski definition) is 1. The molecule has 0 bridgehead atoms. The molecule has 27 heavy (non-hydrogen) atoms. The molecule has 0 saturated carbocycles. The third-order valence-electron chi connectivity index (χ3n) is 4.63. The van der Waals surface area contributed by atoms with E-state index in [-0.39, 0.29) is 5.69 Å². The first-order chi connectivity index (χ1) is 13.0. The highest BCUT2D eigenvalue weighted by Gasteiger charge is 2.20. The van der Waals surface area contributed by atoms with Crippen molar-refractivity contribution in [2.45, 2.75) is 12.8 Å². The van der Waals surface area contributed by atoms with Gasteiger partial charge in [-0.05, 0) is 52.9 Å². The molecule has 3 aromatic carbocycles. The summed E-state index contributed by atoms with van der Waals surface area (Å²) in [5.41, 5.74) is 2.89. The third-order valence-corrected chi connectivity index (χ3v) is 4.63. The fraction of sp³-hybridized carbons (Fsp3) is 0.143. The van der Waals surface area contributed by atoms with Crippen molar-refractivity contribution in [2.24, 2.45) is 0 Å². The zero-order valence-corrected chi connectivity index (χ0v) is 14.2. The molecule has 0 radical (unpaired) electrons. The molecule has 0 aliphatic heterocycles. The Labute approximate surface area is 153 Å². The normalized spacial score (nSPS) is 12.2. The van der Waals surface area contributed by atoms with E-state index in [1.54, 1.807) is 6.07 Å². The first-order valence-corrected chi connectivity index (χ1v) is 8.48. The number of halogens is 2. The van der Waals surface area contributed by atoms with Gasteiger partial charge in [0, 0.05) is 11.8 Å². The molecule has 136 valence electrons. The lowest BCUT2D eigenvalue weighted by Gasteiger charge is -2.10. The number of amides is 1. The third kappa shape index (κ3) is 3.26. The van der Waals surface area contributed by atoms with Crippen molar-refractivity contribution in [3.05, 3.63) is 76.9 Å². The highest BCUT2D eigenvalue weighted by Crippen LogP contribution is 2.33. The van der Waals surface area contributed by atoms with Crippen LogP contribution >= 0.6 is 0 Å². The van der Waals surface area contributed by atoms with E-state index in [1.807, 2.05) is 24.3 Å². The topological polar surface area (TPSA) is 55.4 Å². The van der Waals surface area contributed by atoms with Crippen LogP contribution in [-0.4, -0.2) is 18.5 Å². The summed E-state index contributed by atoms with van der Waals surface area (Å²) in [5, 5.41) is 4.25. The minimum absolute atomic E-state index is 0.0836. The predicted molar refractivity (Wildman–Crippen MR) is 96.6 cm³/mol. The van der Waals surface area contributed by atoms with E-state index in [1.165, 1.54) is 17.2 Å². The van der Waals surface area contributed by atoms with Crippen molar-refractivity contribution >= 4 is 28.3 Å². The van der Waals surface area contributed by atoms with Gasteiger partial charge >= 0.3 is 5.97 Å². The lowest BCUT2D eigenvalue weighted by Crippen LogP contribution is -2.21. The van der Waals surface area contributed by atoms with Gasteiger partial charge in [-0.25, -0.2) is 13.6 Å². The molecule has 0 heterocycles. The molecule has 3 aromatic rings. The molecule has 4 nitrogen and oxygen atoms in total. The van der Waals surface area contributed by atoms with E-state index in [0.29, 0.717) is 5.56 Å². The summed E-state index contributed by atoms with van der Waals surface area (Å²) in [4.78, 5) is 24.4. The molecular formula is C21H15F2NO3. The summed E-state index contributed by atoms with van der Waals surface area (Å²) < 4.78 is 31.2. The van der Waals surface area contributed by atoms with Crippen LogP contribution in [0.1, 0.15) is 21.5 Å². The average Bonchev–Trinajstić information content (AvgIpc) is 3.08. The Kier molecular flexibility index (Phi) is 4.32. The number of benzene rings is 3. The maximum atomic E-state index is 13.2. The van der Waals surface area contributed by atoms with Gasteiger partial charge in [0.2, 0.25) is 0 Å². The molecule has 0 aromatic heterocycles. The molecule has 6 heteroatoms. The van der Waals surface area contributed by atoms with Crippen molar-refractivity contribution in [3.8, 4) is 0 Å². The molecular weight excluding hydrogens is 352 g/mol. The highest BCUT2D eigenvalue weighted by atomic mass is 19.2. The van der Waals surface area contributed by atoms with Crippen molar-refractivity contribution in [1.82, 2.24) is 0 Å². The Hall–Kier alpha value is -3.28. The van der Waals surface area contributed by atoms with Gasteiger partial charge in [-0.1, -0.05) is 24.3 Å². The van der Waals surface area contributed by atoms with E-state index in [9.17, 15) is 18.4 Å². The summed E-state index contributed by atoms with van der Waals surface area (Å²) in [7, 11) is 0. The molecule has 4 rings (SSSR count). The smallest absolute Gasteiger partial charge is 0.339 e. The molecule has 1 aliphatic carbocycles. The summed E-state index contributed by atoms with van der Waals surface area (Å²) in [6.45, 7) is -0.527. The quantitative estimate of drug-likeness (QED) is 0.709. The minimum Gasteiger partial charge on any atom is -0.452 e. The summed E-state index contributed by atoms with van der Waals surface area (Å²) in [6.07, 6.45) is 1.89. The van der Waals surface area contributed by atoms with Crippen molar-refractivity contribution < 1.29 is 23.1 Å². The maximum Gasteiger partial charge on any atom is 0.339 e. The second-order valence-corrected chi connectivity index (χ2v) is 6.37. The van der Waals surface area contributed by atoms with Crippen LogP contribution in [0.15, 0.2) is 48.5 Å². The van der Waals surface area contributed by atoms with Crippen LogP contribution in [-0.2, 0) is 22.4 Å². The zero-order chi connectivity index (χ0) is 19.0. The number of anilines is 1. The number of hydrogen-bond acceptors (Lipinski definition) is 3. The van der Waals surface area contributed by atoms with Crippen LogP contribution < -0.4 is 5.32 Å². The van der Waals surface area contributed by atoms with Crippen molar-refractivity contribution in [1.29, 1.82) is 0 Å². The number of aryl methyl sites for hydroxylation is 2. The van der Waals surface area contributed by atoms with E-state index in [4.69, 9.17) is 4.74 Å². The standard InChI is InChI=1S/C21H15F2NO3/c22-17-9-7-14(10-18(17)23)24-19(25)11-27-21(26)16-8-6-13-5-4-12-2-1-3-15(16)20(12)13/h1-3,6-10H,4-5,11H2,(H,24,25). The molecule has 0 fully saturated rings. The molecule has 0 unspecified atom stereocenters. The van der Waals surface area contributed by atoms with Crippen LogP contribution in [0.5, 0.6) is 0 Å². The Morgan fingerprint density at radius 3 is 2.52 bits per heavy atom. The van der Waals surface area contributed by atoms with Gasteiger partial charge in [0.05, 0.1) is 5.56 Å². The Morgan fingerprint density at radius 1 is 0.963 bits per heavy atom. The van der Waals surface area contributed by atoms with E-state index in [0.717, 1.165) is 35.7 Å². The lowest BCUT2D eigenvalue weighted by atomic mass is 10.00. The molecule has 0 saturated heterocycles. The van der Waals surface area contributed by atoms with Gasteiger partial charge in [0.1, 0.15) is 0 Å². The van der Waals surface area contributed by atoms with Gasteiger partial charge in [0.25, 0.3) is 5.91 Å². The number of ether oxygens (including phenoxy) is 1. The first-order valence-electron chi connectivity index (χ1n) is 8.48. The predicted octanol–water partition coefficient (Wildman–Crippen LogP) is 4.01. The van der Waals surface area contributed by atoms with Crippen LogP contribution in [0, 0.1) is 11.6 Å². The number of carbonyl (C=O) groups is 2. The SMILES string of the molecule is O=C(COC(=O)c1ccc2c3c(cccc13)CC2)Nc1ccc(F)c(F)c1. The van der Waals surface area contributed by atoms with Gasteiger partial charge in [0.15, 0.2) is 18.2 Å². The molecule has 1 amide bonds. The van der Waals surface area contributed by atoms with Crippen LogP contribution in [0.4, 0.5) is 14.5 Å². The number of esters is 1. The second kappa shape index (κ2) is 6.79. The Morgan fingerprint density at radius 2 is 1.74 bits per heavy atom. The van der Waals surface area contributed by atoms with Gasteiger partial charge in [-0.15, -0.1) is 0 Å². The Balaban J connectivity index is 1.46. The number of nitrogens with one attached hydrogen (secondary N) is 1. The number of rotatable bonds is 4. The van der Waals surface area contributed by atoms with Gasteiger partial charge < -0.3 is 10.1 Å². The summed E-state index contributed by atoms with van der Waals surface area (Å²) >= 11 is 0. The molecule has 0 atom stereocenters.